The molecule has 0 unspecified atom stereocenters. The van der Waals surface area contributed by atoms with Crippen molar-refractivity contribution in [1.82, 2.24) is 4.31 Å². The molecule has 0 atom stereocenters. The van der Waals surface area contributed by atoms with E-state index in [0.717, 1.165) is 29.3 Å². The predicted molar refractivity (Wildman–Crippen MR) is 94.6 cm³/mol. The van der Waals surface area contributed by atoms with Gasteiger partial charge in [0.2, 0.25) is 0 Å². The number of hydrogen-bond acceptors (Lipinski definition) is 4. The molecule has 0 fully saturated rings. The first-order chi connectivity index (χ1) is 11.6. The maximum atomic E-state index is 12.9. The second-order valence-corrected chi connectivity index (χ2v) is 8.51. The Morgan fingerprint density at radius 1 is 1.08 bits per heavy atom. The number of sulfonamides is 1. The molecule has 0 saturated carbocycles. The highest BCUT2D eigenvalue weighted by Crippen LogP contribution is 2.27. The van der Waals surface area contributed by atoms with Crippen molar-refractivity contribution in [3.8, 4) is 0 Å². The molecule has 0 amide bonds. The molecule has 0 radical (unpaired) electrons. The first kappa shape index (κ1) is 17.5. The summed E-state index contributed by atoms with van der Waals surface area (Å²) >= 11 is 3.32. The summed E-state index contributed by atoms with van der Waals surface area (Å²) in [5.41, 5.74) is 1.08. The Hall–Kier alpha value is -1.31. The molecule has 1 aliphatic carbocycles. The van der Waals surface area contributed by atoms with E-state index < -0.39 is 10.0 Å². The van der Waals surface area contributed by atoms with E-state index >= 15 is 0 Å². The molecule has 7 heteroatoms. The molecular formula is C17H20BrNO4S. The highest BCUT2D eigenvalue weighted by molar-refractivity contribution is 9.10. The molecule has 3 rings (SSSR count). The monoisotopic (exact) mass is 413 g/mol. The third kappa shape index (κ3) is 4.02. The number of halogens is 1. The van der Waals surface area contributed by atoms with Crippen molar-refractivity contribution in [2.45, 2.75) is 30.6 Å². The number of nitrogens with zero attached hydrogens (tertiary/aromatic N) is 1. The standard InChI is InChI=1S/C17H20BrNO4S/c18-15-6-8-16(9-7-15)24(20,21)19-12-17(23-11-10-22-13-19)14-4-2-1-3-5-14/h4,6-9,12H,1-3,5,10-11,13H2/b17-12-. The van der Waals surface area contributed by atoms with Crippen LogP contribution in [0.4, 0.5) is 0 Å². The maximum absolute atomic E-state index is 12.9. The van der Waals surface area contributed by atoms with Gasteiger partial charge >= 0.3 is 0 Å². The number of benzene rings is 1. The topological polar surface area (TPSA) is 55.8 Å². The Kier molecular flexibility index (Phi) is 5.63. The van der Waals surface area contributed by atoms with Crippen molar-refractivity contribution in [2.24, 2.45) is 0 Å². The van der Waals surface area contributed by atoms with E-state index in [4.69, 9.17) is 9.47 Å². The van der Waals surface area contributed by atoms with Gasteiger partial charge in [-0.1, -0.05) is 22.0 Å². The average molecular weight is 414 g/mol. The normalized spacial score (nSPS) is 21.8. The zero-order valence-electron chi connectivity index (χ0n) is 13.3. The Morgan fingerprint density at radius 2 is 1.88 bits per heavy atom. The minimum Gasteiger partial charge on any atom is -0.489 e. The van der Waals surface area contributed by atoms with Gasteiger partial charge in [0, 0.05) is 4.47 Å². The first-order valence-corrected chi connectivity index (χ1v) is 10.2. The van der Waals surface area contributed by atoms with Gasteiger partial charge in [-0.15, -0.1) is 0 Å². The van der Waals surface area contributed by atoms with E-state index in [1.807, 2.05) is 0 Å². The summed E-state index contributed by atoms with van der Waals surface area (Å²) < 4.78 is 39.0. The van der Waals surface area contributed by atoms with Crippen molar-refractivity contribution in [3.63, 3.8) is 0 Å². The van der Waals surface area contributed by atoms with Gasteiger partial charge in [0.1, 0.15) is 19.1 Å². The van der Waals surface area contributed by atoms with Crippen LogP contribution in [0.5, 0.6) is 0 Å². The molecular weight excluding hydrogens is 394 g/mol. The van der Waals surface area contributed by atoms with E-state index in [0.29, 0.717) is 19.0 Å². The summed E-state index contributed by atoms with van der Waals surface area (Å²) in [6.07, 6.45) is 7.89. The third-order valence-corrected chi connectivity index (χ3v) is 6.22. The fourth-order valence-electron chi connectivity index (χ4n) is 2.69. The molecule has 1 aromatic carbocycles. The molecule has 1 aliphatic heterocycles. The molecule has 24 heavy (non-hydrogen) atoms. The minimum absolute atomic E-state index is 0.0153. The zero-order valence-corrected chi connectivity index (χ0v) is 15.7. The lowest BCUT2D eigenvalue weighted by molar-refractivity contribution is 0.0344. The summed E-state index contributed by atoms with van der Waals surface area (Å²) in [4.78, 5) is 0.225. The minimum atomic E-state index is -3.69. The lowest BCUT2D eigenvalue weighted by Gasteiger charge is -2.26. The Labute approximate surface area is 151 Å². The molecule has 1 heterocycles. The van der Waals surface area contributed by atoms with Crippen LogP contribution in [0.15, 0.2) is 57.2 Å². The molecule has 0 N–H and O–H groups in total. The van der Waals surface area contributed by atoms with Crippen LogP contribution < -0.4 is 0 Å². The first-order valence-electron chi connectivity index (χ1n) is 7.96. The predicted octanol–water partition coefficient (Wildman–Crippen LogP) is 3.79. The van der Waals surface area contributed by atoms with Crippen molar-refractivity contribution in [3.05, 3.63) is 52.3 Å². The van der Waals surface area contributed by atoms with Gasteiger partial charge in [-0.3, -0.25) is 0 Å². The average Bonchev–Trinajstić information content (AvgIpc) is 2.56. The highest BCUT2D eigenvalue weighted by Gasteiger charge is 2.25. The van der Waals surface area contributed by atoms with Gasteiger partial charge in [-0.05, 0) is 55.5 Å². The van der Waals surface area contributed by atoms with Crippen molar-refractivity contribution in [1.29, 1.82) is 0 Å². The third-order valence-electron chi connectivity index (χ3n) is 3.99. The summed E-state index contributed by atoms with van der Waals surface area (Å²) in [7, 11) is -3.69. The van der Waals surface area contributed by atoms with Gasteiger partial charge < -0.3 is 9.47 Å². The second-order valence-electron chi connectivity index (χ2n) is 5.70. The van der Waals surface area contributed by atoms with Crippen LogP contribution >= 0.6 is 15.9 Å². The van der Waals surface area contributed by atoms with Crippen LogP contribution in [-0.4, -0.2) is 32.7 Å². The van der Waals surface area contributed by atoms with E-state index in [1.165, 1.54) is 10.7 Å². The van der Waals surface area contributed by atoms with Crippen molar-refractivity contribution < 1.29 is 17.9 Å². The van der Waals surface area contributed by atoms with E-state index in [9.17, 15) is 8.42 Å². The van der Waals surface area contributed by atoms with Gasteiger partial charge in [-0.25, -0.2) is 12.7 Å². The molecule has 130 valence electrons. The number of ether oxygens (including phenoxy) is 2. The maximum Gasteiger partial charge on any atom is 0.265 e. The van der Waals surface area contributed by atoms with Crippen LogP contribution in [0.1, 0.15) is 25.7 Å². The zero-order chi connectivity index (χ0) is 17.0. The van der Waals surface area contributed by atoms with E-state index in [2.05, 4.69) is 22.0 Å². The Balaban J connectivity index is 1.94. The molecule has 0 bridgehead atoms. The van der Waals surface area contributed by atoms with Crippen LogP contribution in [0, 0.1) is 0 Å². The second kappa shape index (κ2) is 7.72. The highest BCUT2D eigenvalue weighted by atomic mass is 79.9. The molecule has 1 aromatic rings. The lowest BCUT2D eigenvalue weighted by Crippen LogP contribution is -2.31. The Bertz CT molecular complexity index is 740. The van der Waals surface area contributed by atoms with Gasteiger partial charge in [0.25, 0.3) is 10.0 Å². The SMILES string of the molecule is O=S(=O)(c1ccc(Br)cc1)N1/C=C(/C2=CCCCC2)OCCOC1. The molecule has 0 spiro atoms. The summed E-state index contributed by atoms with van der Waals surface area (Å²) in [5, 5.41) is 0. The van der Waals surface area contributed by atoms with E-state index in [1.54, 1.807) is 30.5 Å². The van der Waals surface area contributed by atoms with Gasteiger partial charge in [0.05, 0.1) is 17.7 Å². The van der Waals surface area contributed by atoms with Crippen molar-refractivity contribution >= 4 is 26.0 Å². The number of hydrogen-bond donors (Lipinski definition) is 0. The van der Waals surface area contributed by atoms with Crippen LogP contribution in [0.3, 0.4) is 0 Å². The van der Waals surface area contributed by atoms with Crippen LogP contribution in [-0.2, 0) is 19.5 Å². The number of allylic oxidation sites excluding steroid dienone is 2. The van der Waals surface area contributed by atoms with E-state index in [-0.39, 0.29) is 11.6 Å². The van der Waals surface area contributed by atoms with Crippen LogP contribution in [0.2, 0.25) is 0 Å². The quantitative estimate of drug-likeness (QED) is 0.756. The molecule has 5 nitrogen and oxygen atoms in total. The largest absolute Gasteiger partial charge is 0.489 e. The summed E-state index contributed by atoms with van der Waals surface area (Å²) in [6, 6.07) is 6.57. The number of rotatable bonds is 3. The molecule has 2 aliphatic rings. The summed E-state index contributed by atoms with van der Waals surface area (Å²) in [5.74, 6) is 0.638. The fourth-order valence-corrected chi connectivity index (χ4v) is 4.15. The van der Waals surface area contributed by atoms with Crippen LogP contribution in [0.25, 0.3) is 0 Å². The van der Waals surface area contributed by atoms with Gasteiger partial charge in [0.15, 0.2) is 0 Å². The Morgan fingerprint density at radius 3 is 2.58 bits per heavy atom. The van der Waals surface area contributed by atoms with Crippen molar-refractivity contribution in [2.75, 3.05) is 19.9 Å². The molecule has 0 aromatic heterocycles. The molecule has 0 saturated heterocycles. The van der Waals surface area contributed by atoms with Gasteiger partial charge in [-0.2, -0.15) is 0 Å². The lowest BCUT2D eigenvalue weighted by atomic mass is 9.98. The smallest absolute Gasteiger partial charge is 0.265 e. The summed E-state index contributed by atoms with van der Waals surface area (Å²) in [6.45, 7) is 0.769. The fraction of sp³-hybridized carbons (Fsp3) is 0.412.